The number of nitrogens with one attached hydrogen (secondary N) is 1. The number of aryl methyl sites for hydroxylation is 1. The van der Waals surface area contributed by atoms with Crippen molar-refractivity contribution in [1.82, 2.24) is 19.8 Å². The first-order chi connectivity index (χ1) is 18.3. The molecule has 10 nitrogen and oxygen atoms in total. The number of aromatic nitrogens is 2. The third kappa shape index (κ3) is 6.37. The predicted octanol–water partition coefficient (Wildman–Crippen LogP) is 3.16. The minimum Gasteiger partial charge on any atom is -0.481 e. The second-order valence-corrected chi connectivity index (χ2v) is 10.9. The number of anilines is 2. The van der Waals surface area contributed by atoms with E-state index in [9.17, 15) is 14.9 Å². The number of hydrogen-bond acceptors (Lipinski definition) is 8. The molecule has 2 aromatic rings. The molecule has 1 N–H and O–H groups in total. The molecule has 0 spiro atoms. The van der Waals surface area contributed by atoms with E-state index in [1.165, 1.54) is 6.20 Å². The van der Waals surface area contributed by atoms with Gasteiger partial charge in [0.1, 0.15) is 17.7 Å². The molecule has 2 aliphatic heterocycles. The molecule has 4 rings (SSSR count). The average Bonchev–Trinajstić information content (AvgIpc) is 2.89. The van der Waals surface area contributed by atoms with Gasteiger partial charge in [-0.3, -0.25) is 19.9 Å². The van der Waals surface area contributed by atoms with Crippen molar-refractivity contribution in [3.05, 3.63) is 40.6 Å². The topological polar surface area (TPSA) is 115 Å². The zero-order valence-corrected chi connectivity index (χ0v) is 23.3. The van der Waals surface area contributed by atoms with Crippen LogP contribution in [0.4, 0.5) is 16.4 Å². The van der Waals surface area contributed by atoms with Gasteiger partial charge >= 0.3 is 6.03 Å². The van der Waals surface area contributed by atoms with Gasteiger partial charge in [-0.1, -0.05) is 6.92 Å². The first-order valence-electron chi connectivity index (χ1n) is 12.8. The summed E-state index contributed by atoms with van der Waals surface area (Å²) in [6.07, 6.45) is 5.90. The van der Waals surface area contributed by atoms with Gasteiger partial charge in [0.05, 0.1) is 25.8 Å². The number of ether oxygens (including phenoxy) is 1. The number of rotatable bonds is 8. The molecule has 2 aromatic heterocycles. The van der Waals surface area contributed by atoms with Crippen molar-refractivity contribution in [2.24, 2.45) is 5.92 Å². The molecule has 0 aromatic carbocycles. The summed E-state index contributed by atoms with van der Waals surface area (Å²) in [6, 6.07) is 5.68. The summed E-state index contributed by atoms with van der Waals surface area (Å²) in [7, 11) is 3.49. The van der Waals surface area contributed by atoms with Crippen molar-refractivity contribution in [2.45, 2.75) is 32.7 Å². The maximum Gasteiger partial charge on any atom is 0.328 e. The number of fused-ring (bicyclic) bond motifs is 1. The van der Waals surface area contributed by atoms with Crippen molar-refractivity contribution < 1.29 is 14.3 Å². The van der Waals surface area contributed by atoms with Crippen LogP contribution in [0.25, 0.3) is 0 Å². The number of amides is 3. The average molecular weight is 538 g/mol. The Morgan fingerprint density at radius 2 is 2.11 bits per heavy atom. The second kappa shape index (κ2) is 12.5. The highest BCUT2D eigenvalue weighted by molar-refractivity contribution is 7.98. The monoisotopic (exact) mass is 537 g/mol. The zero-order chi connectivity index (χ0) is 27.2. The fraction of sp³-hybridized carbons (Fsp3) is 0.519. The molecule has 11 heteroatoms. The summed E-state index contributed by atoms with van der Waals surface area (Å²) in [4.78, 5) is 40.3. The number of carbonyl (C=O) groups is 2. The number of thioether (sulfide) groups is 1. The number of pyridine rings is 2. The second-order valence-electron chi connectivity index (χ2n) is 9.98. The molecule has 0 unspecified atom stereocenters. The number of hydrogen-bond donors (Lipinski definition) is 1. The quantitative estimate of drug-likeness (QED) is 0.546. The van der Waals surface area contributed by atoms with Crippen molar-refractivity contribution in [3.63, 3.8) is 0 Å². The van der Waals surface area contributed by atoms with Crippen LogP contribution in [0, 0.1) is 17.2 Å². The molecule has 38 heavy (non-hydrogen) atoms. The highest BCUT2D eigenvalue weighted by Crippen LogP contribution is 2.32. The van der Waals surface area contributed by atoms with Crippen molar-refractivity contribution in [3.8, 4) is 11.9 Å². The molecule has 0 saturated carbocycles. The first-order valence-corrected chi connectivity index (χ1v) is 14.2. The highest BCUT2D eigenvalue weighted by Gasteiger charge is 2.28. The van der Waals surface area contributed by atoms with E-state index in [0.717, 1.165) is 48.3 Å². The lowest BCUT2D eigenvalue weighted by Gasteiger charge is -2.33. The van der Waals surface area contributed by atoms with E-state index < -0.39 is 0 Å². The maximum atomic E-state index is 13.4. The smallest absolute Gasteiger partial charge is 0.328 e. The molecule has 202 valence electrons. The van der Waals surface area contributed by atoms with Crippen LogP contribution in [0.3, 0.4) is 0 Å². The largest absolute Gasteiger partial charge is 0.481 e. The lowest BCUT2D eigenvalue weighted by atomic mass is 10.00. The molecule has 1 fully saturated rings. The summed E-state index contributed by atoms with van der Waals surface area (Å²) in [6.45, 7) is 4.96. The number of methoxy groups -OCH3 is 1. The molecule has 0 radical (unpaired) electrons. The van der Waals surface area contributed by atoms with Crippen LogP contribution >= 0.6 is 11.8 Å². The highest BCUT2D eigenvalue weighted by atomic mass is 32.2. The third-order valence-corrected chi connectivity index (χ3v) is 7.78. The van der Waals surface area contributed by atoms with Gasteiger partial charge in [0, 0.05) is 31.4 Å². The van der Waals surface area contributed by atoms with Crippen LogP contribution in [0.1, 0.15) is 35.6 Å². The number of nitrogens with zero attached hydrogens (tertiary/aromatic N) is 6. The van der Waals surface area contributed by atoms with E-state index in [2.05, 4.69) is 29.5 Å². The lowest BCUT2D eigenvalue weighted by Crippen LogP contribution is -2.48. The molecular weight excluding hydrogens is 502 g/mol. The van der Waals surface area contributed by atoms with Gasteiger partial charge in [0.2, 0.25) is 11.8 Å². The number of likely N-dealkylation sites (N-methyl/N-ethyl adjacent to an activating group) is 1. The summed E-state index contributed by atoms with van der Waals surface area (Å²) in [5.74, 6) is 2.83. The first kappa shape index (κ1) is 27.7. The van der Waals surface area contributed by atoms with Crippen molar-refractivity contribution >= 4 is 35.3 Å². The van der Waals surface area contributed by atoms with Gasteiger partial charge < -0.3 is 9.64 Å². The Morgan fingerprint density at radius 1 is 1.29 bits per heavy atom. The van der Waals surface area contributed by atoms with E-state index in [1.54, 1.807) is 29.8 Å². The van der Waals surface area contributed by atoms with Crippen molar-refractivity contribution in [1.29, 1.82) is 5.26 Å². The number of nitriles is 1. The Hall–Kier alpha value is -3.36. The Bertz CT molecular complexity index is 1230. The standard InChI is InChI=1S/C27H35N7O3S/c1-18(17-38-4)10-20-12-23(29-14-22(20)13-28)30-27(36)34-7-5-6-19-11-21(26(37-3)31-25(19)34)15-33-9-8-32(2)16-24(33)35/h11-12,14,18H,5-10,15-17H2,1-4H3,(H,29,30,36)/t18-/m1/s1. The number of piperazine rings is 1. The summed E-state index contributed by atoms with van der Waals surface area (Å²) >= 11 is 1.77. The normalized spacial score (nSPS) is 16.6. The molecule has 3 amide bonds. The fourth-order valence-electron chi connectivity index (χ4n) is 4.95. The zero-order valence-electron chi connectivity index (χ0n) is 22.5. The van der Waals surface area contributed by atoms with Gasteiger partial charge in [-0.25, -0.2) is 9.78 Å². The van der Waals surface area contributed by atoms with Gasteiger partial charge in [0.25, 0.3) is 0 Å². The van der Waals surface area contributed by atoms with Gasteiger partial charge in [-0.05, 0) is 67.5 Å². The van der Waals surface area contributed by atoms with E-state index in [4.69, 9.17) is 9.72 Å². The SMILES string of the molecule is COc1nc2c(cc1CN1CCN(C)CC1=O)CCCN2C(=O)Nc1cc(C[C@@H](C)CSC)c(C#N)cn1. The van der Waals surface area contributed by atoms with Crippen LogP contribution in [-0.2, 0) is 24.2 Å². The summed E-state index contributed by atoms with van der Waals surface area (Å²) in [5, 5.41) is 12.4. The molecule has 4 heterocycles. The predicted molar refractivity (Wildman–Crippen MR) is 149 cm³/mol. The van der Waals surface area contributed by atoms with E-state index in [1.807, 2.05) is 22.9 Å². The van der Waals surface area contributed by atoms with Crippen molar-refractivity contribution in [2.75, 3.05) is 62.6 Å². The number of urea groups is 1. The summed E-state index contributed by atoms with van der Waals surface area (Å²) < 4.78 is 5.59. The van der Waals surface area contributed by atoms with Gasteiger partial charge in [-0.2, -0.15) is 22.0 Å². The molecule has 2 aliphatic rings. The van der Waals surface area contributed by atoms with Gasteiger partial charge in [-0.15, -0.1) is 0 Å². The van der Waals surface area contributed by atoms with Crippen LogP contribution in [0.5, 0.6) is 5.88 Å². The Morgan fingerprint density at radius 3 is 2.82 bits per heavy atom. The van der Waals surface area contributed by atoms with E-state index >= 15 is 0 Å². The van der Waals surface area contributed by atoms with Gasteiger partial charge in [0.15, 0.2) is 0 Å². The Balaban J connectivity index is 1.53. The van der Waals surface area contributed by atoms with Crippen LogP contribution in [-0.4, -0.2) is 84.1 Å². The fourth-order valence-corrected chi connectivity index (χ4v) is 5.63. The van der Waals surface area contributed by atoms with Crippen LogP contribution in [0.2, 0.25) is 0 Å². The lowest BCUT2D eigenvalue weighted by molar-refractivity contribution is -0.136. The molecule has 1 saturated heterocycles. The Kier molecular flexibility index (Phi) is 9.07. The molecule has 0 bridgehead atoms. The Labute approximate surface area is 228 Å². The minimum atomic E-state index is -0.331. The third-order valence-electron chi connectivity index (χ3n) is 6.88. The molecule has 1 atom stereocenters. The van der Waals surface area contributed by atoms with E-state index in [0.29, 0.717) is 55.2 Å². The molecular formula is C27H35N7O3S. The maximum absolute atomic E-state index is 13.4. The summed E-state index contributed by atoms with van der Waals surface area (Å²) in [5.41, 5.74) is 3.19. The van der Waals surface area contributed by atoms with E-state index in [-0.39, 0.29) is 11.9 Å². The number of carbonyl (C=O) groups excluding carboxylic acids is 2. The minimum absolute atomic E-state index is 0.0802. The van der Waals surface area contributed by atoms with Crippen LogP contribution < -0.4 is 15.0 Å². The molecule has 0 aliphatic carbocycles. The van der Waals surface area contributed by atoms with Crippen LogP contribution in [0.15, 0.2) is 18.3 Å².